The fourth-order valence-electron chi connectivity index (χ4n) is 2.09. The van der Waals surface area contributed by atoms with E-state index in [1.165, 1.54) is 0 Å². The maximum Gasteiger partial charge on any atom is 0.406 e. The van der Waals surface area contributed by atoms with Crippen LogP contribution in [0.15, 0.2) is 0 Å². The van der Waals surface area contributed by atoms with E-state index in [1.807, 2.05) is 0 Å². The van der Waals surface area contributed by atoms with Gasteiger partial charge in [-0.2, -0.15) is 13.2 Å². The summed E-state index contributed by atoms with van der Waals surface area (Å²) < 4.78 is 37.6. The SMILES string of the molecule is CN(C)CC(=O)N(CC(F)(F)F)C1CCNCC1. The third-order valence-electron chi connectivity index (χ3n) is 2.87. The topological polar surface area (TPSA) is 35.6 Å². The molecule has 1 saturated heterocycles. The van der Waals surface area contributed by atoms with Crippen molar-refractivity contribution in [3.8, 4) is 0 Å². The number of amides is 1. The Bertz CT molecular complexity index is 275. The standard InChI is InChI=1S/C11H20F3N3O/c1-16(2)7-10(18)17(8-11(12,13)14)9-3-5-15-6-4-9/h9,15H,3-8H2,1-2H3. The van der Waals surface area contributed by atoms with Crippen LogP contribution in [-0.4, -0.2) is 68.2 Å². The molecular weight excluding hydrogens is 247 g/mol. The summed E-state index contributed by atoms with van der Waals surface area (Å²) in [6.07, 6.45) is -3.18. The Morgan fingerprint density at radius 1 is 1.28 bits per heavy atom. The van der Waals surface area contributed by atoms with E-state index in [0.29, 0.717) is 25.9 Å². The highest BCUT2D eigenvalue weighted by molar-refractivity contribution is 5.78. The Hall–Kier alpha value is -0.820. The van der Waals surface area contributed by atoms with E-state index in [9.17, 15) is 18.0 Å². The fourth-order valence-corrected chi connectivity index (χ4v) is 2.09. The lowest BCUT2D eigenvalue weighted by molar-refractivity contribution is -0.167. The van der Waals surface area contributed by atoms with E-state index in [2.05, 4.69) is 5.32 Å². The molecule has 1 fully saturated rings. The van der Waals surface area contributed by atoms with Crippen molar-refractivity contribution in [2.75, 3.05) is 40.3 Å². The van der Waals surface area contributed by atoms with Crippen molar-refractivity contribution in [2.24, 2.45) is 0 Å². The average Bonchev–Trinajstić information content (AvgIpc) is 2.25. The second-order valence-electron chi connectivity index (χ2n) is 4.86. The number of alkyl halides is 3. The van der Waals surface area contributed by atoms with Crippen LogP contribution in [0.25, 0.3) is 0 Å². The molecule has 0 aliphatic carbocycles. The second kappa shape index (κ2) is 6.38. The maximum atomic E-state index is 12.5. The van der Waals surface area contributed by atoms with Crippen LogP contribution >= 0.6 is 0 Å². The van der Waals surface area contributed by atoms with Crippen molar-refractivity contribution in [1.29, 1.82) is 0 Å². The van der Waals surface area contributed by atoms with Gasteiger partial charge in [0.05, 0.1) is 6.54 Å². The van der Waals surface area contributed by atoms with E-state index in [0.717, 1.165) is 4.90 Å². The van der Waals surface area contributed by atoms with Gasteiger partial charge in [0.1, 0.15) is 6.54 Å². The number of nitrogens with one attached hydrogen (secondary N) is 1. The number of halogens is 3. The number of rotatable bonds is 4. The first-order valence-corrected chi connectivity index (χ1v) is 6.01. The largest absolute Gasteiger partial charge is 0.406 e. The van der Waals surface area contributed by atoms with Crippen molar-refractivity contribution in [1.82, 2.24) is 15.1 Å². The summed E-state index contributed by atoms with van der Waals surface area (Å²) in [5, 5.41) is 3.08. The van der Waals surface area contributed by atoms with Crippen LogP contribution in [0.5, 0.6) is 0 Å². The molecule has 0 spiro atoms. The number of carbonyl (C=O) groups is 1. The number of likely N-dealkylation sites (N-methyl/N-ethyl adjacent to an activating group) is 1. The summed E-state index contributed by atoms with van der Waals surface area (Å²) in [5.74, 6) is -0.454. The van der Waals surface area contributed by atoms with Gasteiger partial charge in [0.15, 0.2) is 0 Å². The van der Waals surface area contributed by atoms with Gasteiger partial charge in [0.25, 0.3) is 0 Å². The Morgan fingerprint density at radius 3 is 2.28 bits per heavy atom. The number of carbonyl (C=O) groups excluding carboxylic acids is 1. The van der Waals surface area contributed by atoms with E-state index in [-0.39, 0.29) is 12.6 Å². The molecule has 0 aromatic heterocycles. The molecule has 1 amide bonds. The third kappa shape index (κ3) is 5.22. The highest BCUT2D eigenvalue weighted by atomic mass is 19.4. The number of nitrogens with zero attached hydrogens (tertiary/aromatic N) is 2. The molecule has 7 heteroatoms. The van der Waals surface area contributed by atoms with Crippen molar-refractivity contribution >= 4 is 5.91 Å². The minimum Gasteiger partial charge on any atom is -0.329 e. The predicted octanol–water partition coefficient (Wildman–Crippen LogP) is 0.691. The van der Waals surface area contributed by atoms with Gasteiger partial charge in [-0.3, -0.25) is 4.79 Å². The highest BCUT2D eigenvalue weighted by Gasteiger charge is 2.36. The van der Waals surface area contributed by atoms with Crippen molar-refractivity contribution in [3.05, 3.63) is 0 Å². The molecule has 1 aliphatic heterocycles. The summed E-state index contributed by atoms with van der Waals surface area (Å²) in [5.41, 5.74) is 0. The van der Waals surface area contributed by atoms with Crippen LogP contribution in [0.1, 0.15) is 12.8 Å². The summed E-state index contributed by atoms with van der Waals surface area (Å²) in [4.78, 5) is 14.5. The van der Waals surface area contributed by atoms with E-state index in [1.54, 1.807) is 19.0 Å². The predicted molar refractivity (Wildman–Crippen MR) is 62.2 cm³/mol. The first-order chi connectivity index (χ1) is 8.29. The molecular formula is C11H20F3N3O. The monoisotopic (exact) mass is 267 g/mol. The van der Waals surface area contributed by atoms with E-state index < -0.39 is 18.6 Å². The molecule has 0 radical (unpaired) electrons. The quantitative estimate of drug-likeness (QED) is 0.814. The zero-order valence-corrected chi connectivity index (χ0v) is 10.8. The smallest absolute Gasteiger partial charge is 0.329 e. The lowest BCUT2D eigenvalue weighted by Gasteiger charge is -2.35. The van der Waals surface area contributed by atoms with Crippen LogP contribution in [-0.2, 0) is 4.79 Å². The fraction of sp³-hybridized carbons (Fsp3) is 0.909. The van der Waals surface area contributed by atoms with Gasteiger partial charge < -0.3 is 15.1 Å². The summed E-state index contributed by atoms with van der Waals surface area (Å²) in [6.45, 7) is 0.187. The van der Waals surface area contributed by atoms with Crippen LogP contribution in [0.2, 0.25) is 0 Å². The summed E-state index contributed by atoms with van der Waals surface area (Å²) in [7, 11) is 3.35. The molecule has 1 aliphatic rings. The third-order valence-corrected chi connectivity index (χ3v) is 2.87. The zero-order valence-electron chi connectivity index (χ0n) is 10.8. The molecule has 0 unspecified atom stereocenters. The molecule has 1 rings (SSSR count). The minimum atomic E-state index is -4.34. The van der Waals surface area contributed by atoms with Crippen molar-refractivity contribution in [2.45, 2.75) is 25.1 Å². The highest BCUT2D eigenvalue weighted by Crippen LogP contribution is 2.21. The molecule has 4 nitrogen and oxygen atoms in total. The van der Waals surface area contributed by atoms with Gasteiger partial charge in [-0.15, -0.1) is 0 Å². The van der Waals surface area contributed by atoms with E-state index in [4.69, 9.17) is 0 Å². The molecule has 0 saturated carbocycles. The zero-order chi connectivity index (χ0) is 13.8. The molecule has 1 N–H and O–H groups in total. The van der Waals surface area contributed by atoms with Crippen LogP contribution in [0, 0.1) is 0 Å². The van der Waals surface area contributed by atoms with Gasteiger partial charge in [-0.25, -0.2) is 0 Å². The van der Waals surface area contributed by atoms with Gasteiger partial charge in [0.2, 0.25) is 5.91 Å². The van der Waals surface area contributed by atoms with Gasteiger partial charge in [-0.05, 0) is 40.0 Å². The maximum absolute atomic E-state index is 12.5. The molecule has 0 bridgehead atoms. The van der Waals surface area contributed by atoms with Gasteiger partial charge >= 0.3 is 6.18 Å². The second-order valence-corrected chi connectivity index (χ2v) is 4.86. The molecule has 106 valence electrons. The Morgan fingerprint density at radius 2 is 1.83 bits per heavy atom. The van der Waals surface area contributed by atoms with Crippen LogP contribution in [0.4, 0.5) is 13.2 Å². The van der Waals surface area contributed by atoms with Crippen LogP contribution in [0.3, 0.4) is 0 Å². The summed E-state index contributed by atoms with van der Waals surface area (Å²) in [6, 6.07) is -0.305. The van der Waals surface area contributed by atoms with Crippen molar-refractivity contribution < 1.29 is 18.0 Å². The lowest BCUT2D eigenvalue weighted by atomic mass is 10.0. The molecule has 0 aromatic rings. The number of piperidine rings is 1. The number of hydrogen-bond acceptors (Lipinski definition) is 3. The van der Waals surface area contributed by atoms with Crippen molar-refractivity contribution in [3.63, 3.8) is 0 Å². The lowest BCUT2D eigenvalue weighted by Crippen LogP contribution is -2.51. The first-order valence-electron chi connectivity index (χ1n) is 6.01. The molecule has 0 atom stereocenters. The molecule has 18 heavy (non-hydrogen) atoms. The number of hydrogen-bond donors (Lipinski definition) is 1. The average molecular weight is 267 g/mol. The Labute approximate surface area is 105 Å². The normalized spacial score (nSPS) is 18.1. The van der Waals surface area contributed by atoms with Crippen LogP contribution < -0.4 is 5.32 Å². The minimum absolute atomic E-state index is 0.0139. The first kappa shape index (κ1) is 15.2. The van der Waals surface area contributed by atoms with Gasteiger partial charge in [0, 0.05) is 6.04 Å². The molecule has 1 heterocycles. The van der Waals surface area contributed by atoms with E-state index >= 15 is 0 Å². The van der Waals surface area contributed by atoms with Gasteiger partial charge in [-0.1, -0.05) is 0 Å². The molecule has 0 aromatic carbocycles. The summed E-state index contributed by atoms with van der Waals surface area (Å²) >= 11 is 0. The Balaban J connectivity index is 2.70. The Kier molecular flexibility index (Phi) is 5.40.